The SMILES string of the molecule is Cc1c(NC(C)C(C)C)cccc1C(=O)N1CCN(CC(N)=O)CC1. The molecule has 0 radical (unpaired) electrons. The van der Waals surface area contributed by atoms with Crippen LogP contribution in [0.3, 0.4) is 0 Å². The van der Waals surface area contributed by atoms with Crippen molar-refractivity contribution in [3.8, 4) is 0 Å². The number of rotatable bonds is 6. The van der Waals surface area contributed by atoms with Crippen LogP contribution in [0, 0.1) is 12.8 Å². The van der Waals surface area contributed by atoms with Gasteiger partial charge in [-0.05, 0) is 37.5 Å². The predicted molar refractivity (Wildman–Crippen MR) is 101 cm³/mol. The first-order valence-electron chi connectivity index (χ1n) is 8.95. The van der Waals surface area contributed by atoms with Crippen LogP contribution in [0.5, 0.6) is 0 Å². The summed E-state index contributed by atoms with van der Waals surface area (Å²) in [5.41, 5.74) is 7.98. The second-order valence-electron chi connectivity index (χ2n) is 7.19. The van der Waals surface area contributed by atoms with Crippen LogP contribution in [0.2, 0.25) is 0 Å². The Bertz CT molecular complexity index is 622. The van der Waals surface area contributed by atoms with E-state index in [0.717, 1.165) is 16.8 Å². The lowest BCUT2D eigenvalue weighted by molar-refractivity contribution is -0.119. The van der Waals surface area contributed by atoms with Gasteiger partial charge in [0.15, 0.2) is 0 Å². The van der Waals surface area contributed by atoms with E-state index in [0.29, 0.717) is 38.1 Å². The fourth-order valence-electron chi connectivity index (χ4n) is 2.94. The van der Waals surface area contributed by atoms with Gasteiger partial charge in [-0.25, -0.2) is 0 Å². The lowest BCUT2D eigenvalue weighted by Gasteiger charge is -2.34. The van der Waals surface area contributed by atoms with Crippen LogP contribution < -0.4 is 11.1 Å². The fourth-order valence-corrected chi connectivity index (χ4v) is 2.94. The maximum absolute atomic E-state index is 12.9. The molecule has 25 heavy (non-hydrogen) atoms. The van der Waals surface area contributed by atoms with Gasteiger partial charge in [0.05, 0.1) is 6.54 Å². The average molecular weight is 346 g/mol. The van der Waals surface area contributed by atoms with Gasteiger partial charge in [0.25, 0.3) is 5.91 Å². The number of amides is 2. The standard InChI is InChI=1S/C19H30N4O2/c1-13(2)15(4)21-17-7-5-6-16(14(17)3)19(25)23-10-8-22(9-11-23)12-18(20)24/h5-7,13,15,21H,8-12H2,1-4H3,(H2,20,24). The highest BCUT2D eigenvalue weighted by atomic mass is 16.2. The smallest absolute Gasteiger partial charge is 0.254 e. The molecular formula is C19H30N4O2. The number of primary amides is 1. The number of carbonyl (C=O) groups is 2. The molecule has 1 fully saturated rings. The molecule has 138 valence electrons. The number of nitrogens with one attached hydrogen (secondary N) is 1. The first-order valence-corrected chi connectivity index (χ1v) is 8.95. The first-order chi connectivity index (χ1) is 11.8. The van der Waals surface area contributed by atoms with Gasteiger partial charge in [-0.2, -0.15) is 0 Å². The Labute approximate surface area is 150 Å². The summed E-state index contributed by atoms with van der Waals surface area (Å²) in [7, 11) is 0. The van der Waals surface area contributed by atoms with Crippen LogP contribution in [0.4, 0.5) is 5.69 Å². The average Bonchev–Trinajstić information content (AvgIpc) is 2.56. The molecule has 1 aliphatic rings. The Morgan fingerprint density at radius 3 is 2.36 bits per heavy atom. The Balaban J connectivity index is 2.06. The van der Waals surface area contributed by atoms with Crippen molar-refractivity contribution in [2.75, 3.05) is 38.0 Å². The van der Waals surface area contributed by atoms with Gasteiger partial charge >= 0.3 is 0 Å². The monoisotopic (exact) mass is 346 g/mol. The number of nitrogens with two attached hydrogens (primary N) is 1. The van der Waals surface area contributed by atoms with Gasteiger partial charge in [-0.1, -0.05) is 19.9 Å². The molecule has 1 aliphatic heterocycles. The van der Waals surface area contributed by atoms with Crippen LogP contribution in [0.25, 0.3) is 0 Å². The minimum Gasteiger partial charge on any atom is -0.382 e. The van der Waals surface area contributed by atoms with Gasteiger partial charge in [0, 0.05) is 43.5 Å². The Hall–Kier alpha value is -2.08. The summed E-state index contributed by atoms with van der Waals surface area (Å²) in [4.78, 5) is 27.8. The van der Waals surface area contributed by atoms with Crippen molar-refractivity contribution in [1.82, 2.24) is 9.80 Å². The third-order valence-corrected chi connectivity index (χ3v) is 4.99. The van der Waals surface area contributed by atoms with E-state index < -0.39 is 0 Å². The van der Waals surface area contributed by atoms with Gasteiger partial charge in [0.2, 0.25) is 5.91 Å². The Kier molecular flexibility index (Phi) is 6.42. The van der Waals surface area contributed by atoms with E-state index in [1.54, 1.807) is 0 Å². The second-order valence-corrected chi connectivity index (χ2v) is 7.19. The molecule has 6 nitrogen and oxygen atoms in total. The number of hydrogen-bond acceptors (Lipinski definition) is 4. The largest absolute Gasteiger partial charge is 0.382 e. The van der Waals surface area contributed by atoms with Crippen molar-refractivity contribution in [2.45, 2.75) is 33.7 Å². The van der Waals surface area contributed by atoms with Crippen LogP contribution in [-0.2, 0) is 4.79 Å². The molecule has 1 aromatic carbocycles. The van der Waals surface area contributed by atoms with Gasteiger partial charge < -0.3 is 16.0 Å². The molecule has 2 amide bonds. The predicted octanol–water partition coefficient (Wildman–Crippen LogP) is 1.69. The van der Waals surface area contributed by atoms with Crippen molar-refractivity contribution >= 4 is 17.5 Å². The van der Waals surface area contributed by atoms with Crippen molar-refractivity contribution in [3.63, 3.8) is 0 Å². The van der Waals surface area contributed by atoms with E-state index in [-0.39, 0.29) is 18.4 Å². The van der Waals surface area contributed by atoms with Crippen LogP contribution in [0.1, 0.15) is 36.7 Å². The first kappa shape index (κ1) is 19.2. The third kappa shape index (κ3) is 4.95. The molecule has 1 atom stereocenters. The number of anilines is 1. The van der Waals surface area contributed by atoms with E-state index in [9.17, 15) is 9.59 Å². The summed E-state index contributed by atoms with van der Waals surface area (Å²) in [6.45, 7) is 11.3. The van der Waals surface area contributed by atoms with Gasteiger partial charge in [-0.3, -0.25) is 14.5 Å². The van der Waals surface area contributed by atoms with Crippen molar-refractivity contribution < 1.29 is 9.59 Å². The molecule has 1 saturated heterocycles. The summed E-state index contributed by atoms with van der Waals surface area (Å²) >= 11 is 0. The summed E-state index contributed by atoms with van der Waals surface area (Å²) in [6, 6.07) is 6.18. The molecule has 0 spiro atoms. The summed E-state index contributed by atoms with van der Waals surface area (Å²) < 4.78 is 0. The topological polar surface area (TPSA) is 78.7 Å². The number of nitrogens with zero attached hydrogens (tertiary/aromatic N) is 2. The third-order valence-electron chi connectivity index (χ3n) is 4.99. The maximum Gasteiger partial charge on any atom is 0.254 e. The normalized spacial score (nSPS) is 16.8. The van der Waals surface area contributed by atoms with E-state index in [1.165, 1.54) is 0 Å². The zero-order valence-electron chi connectivity index (χ0n) is 15.7. The molecule has 1 aromatic rings. The maximum atomic E-state index is 12.9. The summed E-state index contributed by atoms with van der Waals surface area (Å²) in [5, 5.41) is 3.51. The minimum atomic E-state index is -0.325. The van der Waals surface area contributed by atoms with E-state index >= 15 is 0 Å². The number of piperazine rings is 1. The van der Waals surface area contributed by atoms with Crippen LogP contribution >= 0.6 is 0 Å². The highest BCUT2D eigenvalue weighted by Gasteiger charge is 2.24. The summed E-state index contributed by atoms with van der Waals surface area (Å²) in [5.74, 6) is 0.239. The van der Waals surface area contributed by atoms with E-state index in [2.05, 4.69) is 26.1 Å². The zero-order chi connectivity index (χ0) is 18.6. The number of hydrogen-bond donors (Lipinski definition) is 2. The molecule has 0 bridgehead atoms. The lowest BCUT2D eigenvalue weighted by Crippen LogP contribution is -2.50. The molecular weight excluding hydrogens is 316 g/mol. The zero-order valence-corrected chi connectivity index (χ0v) is 15.7. The molecule has 0 aliphatic carbocycles. The summed E-state index contributed by atoms with van der Waals surface area (Å²) in [6.07, 6.45) is 0. The molecule has 1 heterocycles. The Morgan fingerprint density at radius 2 is 1.80 bits per heavy atom. The van der Waals surface area contributed by atoms with E-state index in [1.807, 2.05) is 34.9 Å². The number of benzene rings is 1. The lowest BCUT2D eigenvalue weighted by atomic mass is 10.0. The molecule has 0 saturated carbocycles. The molecule has 3 N–H and O–H groups in total. The van der Waals surface area contributed by atoms with Crippen molar-refractivity contribution in [1.29, 1.82) is 0 Å². The molecule has 0 aromatic heterocycles. The van der Waals surface area contributed by atoms with Crippen LogP contribution in [-0.4, -0.2) is 60.4 Å². The Morgan fingerprint density at radius 1 is 1.16 bits per heavy atom. The highest BCUT2D eigenvalue weighted by Crippen LogP contribution is 2.23. The number of carbonyl (C=O) groups excluding carboxylic acids is 2. The minimum absolute atomic E-state index is 0.0528. The van der Waals surface area contributed by atoms with Crippen molar-refractivity contribution in [3.05, 3.63) is 29.3 Å². The quantitative estimate of drug-likeness (QED) is 0.822. The van der Waals surface area contributed by atoms with E-state index in [4.69, 9.17) is 5.73 Å². The van der Waals surface area contributed by atoms with Crippen molar-refractivity contribution in [2.24, 2.45) is 11.7 Å². The van der Waals surface area contributed by atoms with Gasteiger partial charge in [0.1, 0.15) is 0 Å². The van der Waals surface area contributed by atoms with Crippen LogP contribution in [0.15, 0.2) is 18.2 Å². The molecule has 1 unspecified atom stereocenters. The highest BCUT2D eigenvalue weighted by molar-refractivity contribution is 5.97. The molecule has 2 rings (SSSR count). The second kappa shape index (κ2) is 8.34. The molecule has 6 heteroatoms. The fraction of sp³-hybridized carbons (Fsp3) is 0.579. The van der Waals surface area contributed by atoms with Gasteiger partial charge in [-0.15, -0.1) is 0 Å².